The van der Waals surface area contributed by atoms with Crippen LogP contribution in [0.1, 0.15) is 32.3 Å². The van der Waals surface area contributed by atoms with Crippen LogP contribution in [0.25, 0.3) is 0 Å². The Hall–Kier alpha value is -1.62. The summed E-state index contributed by atoms with van der Waals surface area (Å²) in [5.41, 5.74) is 1.24. The van der Waals surface area contributed by atoms with Crippen molar-refractivity contribution in [2.45, 2.75) is 26.7 Å². The van der Waals surface area contributed by atoms with Crippen LogP contribution in [0.5, 0.6) is 11.6 Å². The molecule has 0 saturated carbocycles. The van der Waals surface area contributed by atoms with Crippen LogP contribution in [0.15, 0.2) is 34.9 Å². The van der Waals surface area contributed by atoms with Gasteiger partial charge >= 0.3 is 0 Å². The lowest BCUT2D eigenvalue weighted by molar-refractivity contribution is 0.458. The lowest BCUT2D eigenvalue weighted by Gasteiger charge is -2.11. The minimum Gasteiger partial charge on any atom is -0.438 e. The molecule has 20 heavy (non-hydrogen) atoms. The van der Waals surface area contributed by atoms with Crippen molar-refractivity contribution in [2.24, 2.45) is 0 Å². The Bertz CT molecular complexity index is 587. The molecule has 0 aliphatic heterocycles. The Morgan fingerprint density at radius 2 is 2.15 bits per heavy atom. The molecule has 0 aliphatic rings. The molecule has 0 radical (unpaired) electrons. The molecule has 0 bridgehead atoms. The number of rotatable bonds is 5. The number of nitrogens with one attached hydrogen (secondary N) is 1. The summed E-state index contributed by atoms with van der Waals surface area (Å²) in [5.74, 6) is 2.31. The maximum absolute atomic E-state index is 5.85. The van der Waals surface area contributed by atoms with Crippen molar-refractivity contribution in [3.8, 4) is 11.6 Å². The van der Waals surface area contributed by atoms with Gasteiger partial charge < -0.3 is 10.1 Å². The average molecular weight is 336 g/mol. The highest BCUT2D eigenvalue weighted by Gasteiger charge is 2.08. The minimum absolute atomic E-state index is 0.463. The van der Waals surface area contributed by atoms with E-state index in [0.29, 0.717) is 17.7 Å². The van der Waals surface area contributed by atoms with E-state index in [9.17, 15) is 0 Å². The summed E-state index contributed by atoms with van der Waals surface area (Å²) >= 11 is 3.41. The maximum atomic E-state index is 5.85. The first kappa shape index (κ1) is 14.8. The molecule has 0 fully saturated rings. The standard InChI is InChI=1S/C15H18BrN3O/c1-4-17-15-18-9-13(16)14(19-15)20-12-7-5-6-11(8-12)10(2)3/h5-10H,4H2,1-3H3,(H,17,18,19). The van der Waals surface area contributed by atoms with Crippen molar-refractivity contribution in [1.82, 2.24) is 9.97 Å². The van der Waals surface area contributed by atoms with Crippen LogP contribution in [0.3, 0.4) is 0 Å². The molecule has 0 amide bonds. The van der Waals surface area contributed by atoms with Gasteiger partial charge in [0.05, 0.1) is 10.7 Å². The van der Waals surface area contributed by atoms with E-state index in [-0.39, 0.29) is 0 Å². The Morgan fingerprint density at radius 3 is 2.85 bits per heavy atom. The summed E-state index contributed by atoms with van der Waals surface area (Å²) in [6, 6.07) is 8.04. The second kappa shape index (κ2) is 6.70. The number of benzene rings is 1. The molecule has 5 heteroatoms. The first-order chi connectivity index (χ1) is 9.60. The summed E-state index contributed by atoms with van der Waals surface area (Å²) in [6.45, 7) is 7.08. The van der Waals surface area contributed by atoms with Crippen molar-refractivity contribution in [3.05, 3.63) is 40.5 Å². The molecular formula is C15H18BrN3O. The SMILES string of the molecule is CCNc1ncc(Br)c(Oc2cccc(C(C)C)c2)n1. The van der Waals surface area contributed by atoms with Crippen LogP contribution < -0.4 is 10.1 Å². The Kier molecular flexibility index (Phi) is 4.95. The second-order valence-corrected chi connectivity index (χ2v) is 5.56. The van der Waals surface area contributed by atoms with Gasteiger partial charge in [-0.25, -0.2) is 4.98 Å². The van der Waals surface area contributed by atoms with E-state index in [0.717, 1.165) is 16.8 Å². The van der Waals surface area contributed by atoms with Gasteiger partial charge in [-0.15, -0.1) is 0 Å². The zero-order valence-electron chi connectivity index (χ0n) is 11.9. The quantitative estimate of drug-likeness (QED) is 0.868. The molecule has 2 aromatic rings. The number of ether oxygens (including phenoxy) is 1. The molecule has 0 saturated heterocycles. The molecular weight excluding hydrogens is 318 g/mol. The van der Waals surface area contributed by atoms with E-state index < -0.39 is 0 Å². The summed E-state index contributed by atoms with van der Waals surface area (Å²) in [4.78, 5) is 8.51. The van der Waals surface area contributed by atoms with Gasteiger partial charge in [-0.1, -0.05) is 26.0 Å². The second-order valence-electron chi connectivity index (χ2n) is 4.71. The van der Waals surface area contributed by atoms with Crippen LogP contribution in [0.2, 0.25) is 0 Å². The number of anilines is 1. The smallest absolute Gasteiger partial charge is 0.238 e. The molecule has 0 spiro atoms. The van der Waals surface area contributed by atoms with Crippen molar-refractivity contribution in [3.63, 3.8) is 0 Å². The predicted molar refractivity (Wildman–Crippen MR) is 84.5 cm³/mol. The van der Waals surface area contributed by atoms with E-state index in [2.05, 4.69) is 51.1 Å². The topological polar surface area (TPSA) is 47.0 Å². The fourth-order valence-corrected chi connectivity index (χ4v) is 1.99. The Balaban J connectivity index is 2.24. The highest BCUT2D eigenvalue weighted by Crippen LogP contribution is 2.29. The van der Waals surface area contributed by atoms with Gasteiger partial charge in [-0.3, -0.25) is 0 Å². The molecule has 1 aromatic heterocycles. The van der Waals surface area contributed by atoms with Gasteiger partial charge in [0.15, 0.2) is 0 Å². The van der Waals surface area contributed by atoms with Gasteiger partial charge in [0, 0.05) is 6.54 Å². The van der Waals surface area contributed by atoms with Crippen molar-refractivity contribution in [1.29, 1.82) is 0 Å². The molecule has 4 nitrogen and oxygen atoms in total. The molecule has 0 atom stereocenters. The largest absolute Gasteiger partial charge is 0.438 e. The predicted octanol–water partition coefficient (Wildman–Crippen LogP) is 4.59. The first-order valence-corrected chi connectivity index (χ1v) is 7.43. The van der Waals surface area contributed by atoms with Gasteiger partial charge in [-0.2, -0.15) is 4.98 Å². The number of halogens is 1. The van der Waals surface area contributed by atoms with E-state index in [1.807, 2.05) is 25.1 Å². The third-order valence-corrected chi connectivity index (χ3v) is 3.33. The third kappa shape index (κ3) is 3.70. The number of hydrogen-bond acceptors (Lipinski definition) is 4. The van der Waals surface area contributed by atoms with Crippen LogP contribution in [0, 0.1) is 0 Å². The van der Waals surface area contributed by atoms with Crippen LogP contribution in [-0.2, 0) is 0 Å². The molecule has 0 unspecified atom stereocenters. The van der Waals surface area contributed by atoms with E-state index in [1.165, 1.54) is 5.56 Å². The van der Waals surface area contributed by atoms with Gasteiger partial charge in [-0.05, 0) is 46.5 Å². The summed E-state index contributed by atoms with van der Waals surface area (Å²) in [5, 5.41) is 3.07. The van der Waals surface area contributed by atoms with Crippen molar-refractivity contribution < 1.29 is 4.74 Å². The lowest BCUT2D eigenvalue weighted by atomic mass is 10.0. The number of nitrogens with zero attached hydrogens (tertiary/aromatic N) is 2. The van der Waals surface area contributed by atoms with E-state index in [1.54, 1.807) is 6.20 Å². The molecule has 1 heterocycles. The van der Waals surface area contributed by atoms with E-state index in [4.69, 9.17) is 4.74 Å². The van der Waals surface area contributed by atoms with Crippen LogP contribution in [-0.4, -0.2) is 16.5 Å². The fraction of sp³-hybridized carbons (Fsp3) is 0.333. The normalized spacial score (nSPS) is 10.7. The van der Waals surface area contributed by atoms with Gasteiger partial charge in [0.1, 0.15) is 5.75 Å². The highest BCUT2D eigenvalue weighted by atomic mass is 79.9. The van der Waals surface area contributed by atoms with Crippen LogP contribution >= 0.6 is 15.9 Å². The number of hydrogen-bond donors (Lipinski definition) is 1. The Morgan fingerprint density at radius 1 is 1.35 bits per heavy atom. The molecule has 106 valence electrons. The minimum atomic E-state index is 0.463. The molecule has 0 aliphatic carbocycles. The third-order valence-electron chi connectivity index (χ3n) is 2.79. The number of aromatic nitrogens is 2. The monoisotopic (exact) mass is 335 g/mol. The van der Waals surface area contributed by atoms with Gasteiger partial charge in [0.2, 0.25) is 11.8 Å². The highest BCUT2D eigenvalue weighted by molar-refractivity contribution is 9.10. The fourth-order valence-electron chi connectivity index (χ4n) is 1.72. The van der Waals surface area contributed by atoms with E-state index >= 15 is 0 Å². The van der Waals surface area contributed by atoms with Crippen LogP contribution in [0.4, 0.5) is 5.95 Å². The summed E-state index contributed by atoms with van der Waals surface area (Å²) in [6.07, 6.45) is 1.69. The first-order valence-electron chi connectivity index (χ1n) is 6.64. The summed E-state index contributed by atoms with van der Waals surface area (Å²) in [7, 11) is 0. The lowest BCUT2D eigenvalue weighted by Crippen LogP contribution is -2.03. The zero-order valence-corrected chi connectivity index (χ0v) is 13.4. The van der Waals surface area contributed by atoms with Gasteiger partial charge in [0.25, 0.3) is 0 Å². The maximum Gasteiger partial charge on any atom is 0.238 e. The van der Waals surface area contributed by atoms with Crippen molar-refractivity contribution >= 4 is 21.9 Å². The molecule has 2 rings (SSSR count). The molecule has 1 N–H and O–H groups in total. The average Bonchev–Trinajstić information content (AvgIpc) is 2.43. The Labute approximate surface area is 127 Å². The zero-order chi connectivity index (χ0) is 14.5. The molecule has 1 aromatic carbocycles. The summed E-state index contributed by atoms with van der Waals surface area (Å²) < 4.78 is 6.58. The van der Waals surface area contributed by atoms with Crippen molar-refractivity contribution in [2.75, 3.05) is 11.9 Å².